The molecule has 6 nitrogen and oxygen atoms in total. The molecule has 0 aliphatic heterocycles. The van der Waals surface area contributed by atoms with Gasteiger partial charge in [0.05, 0.1) is 0 Å². The molecule has 0 spiro atoms. The highest BCUT2D eigenvalue weighted by atomic mass is 16.4. The van der Waals surface area contributed by atoms with Crippen molar-refractivity contribution >= 4 is 12.0 Å². The summed E-state index contributed by atoms with van der Waals surface area (Å²) in [6.45, 7) is 2.50. The molecule has 2 aromatic rings. The van der Waals surface area contributed by atoms with Crippen LogP contribution >= 0.6 is 0 Å². The monoisotopic (exact) mass is 369 g/mol. The number of carboxylic acid groups (broad SMARTS) is 1. The van der Waals surface area contributed by atoms with Crippen molar-refractivity contribution < 1.29 is 14.7 Å². The SMILES string of the molecule is Cc1cccc(CCCNC(=O)NC(CCC(=O)O)Cc2ccccc2)n1. The lowest BCUT2D eigenvalue weighted by molar-refractivity contribution is -0.137. The number of carbonyl (C=O) groups excluding carboxylic acids is 1. The average molecular weight is 369 g/mol. The number of hydrogen-bond donors (Lipinski definition) is 3. The molecule has 1 heterocycles. The molecule has 1 atom stereocenters. The molecule has 0 aliphatic carbocycles. The number of nitrogens with one attached hydrogen (secondary N) is 2. The lowest BCUT2D eigenvalue weighted by Gasteiger charge is -2.18. The second-order valence-corrected chi connectivity index (χ2v) is 6.59. The number of pyridine rings is 1. The van der Waals surface area contributed by atoms with Gasteiger partial charge in [0.15, 0.2) is 0 Å². The van der Waals surface area contributed by atoms with E-state index in [0.29, 0.717) is 19.4 Å². The summed E-state index contributed by atoms with van der Waals surface area (Å²) in [5.74, 6) is -0.860. The molecule has 6 heteroatoms. The Bertz CT molecular complexity index is 734. The molecule has 144 valence electrons. The van der Waals surface area contributed by atoms with E-state index in [4.69, 9.17) is 5.11 Å². The largest absolute Gasteiger partial charge is 0.481 e. The molecule has 1 aromatic carbocycles. The zero-order valence-corrected chi connectivity index (χ0v) is 15.6. The summed E-state index contributed by atoms with van der Waals surface area (Å²) >= 11 is 0. The fraction of sp³-hybridized carbons (Fsp3) is 0.381. The highest BCUT2D eigenvalue weighted by Gasteiger charge is 2.14. The Morgan fingerprint density at radius 3 is 2.59 bits per heavy atom. The van der Waals surface area contributed by atoms with E-state index >= 15 is 0 Å². The van der Waals surface area contributed by atoms with Gasteiger partial charge in [-0.2, -0.15) is 0 Å². The summed E-state index contributed by atoms with van der Waals surface area (Å²) in [6.07, 6.45) is 2.62. The van der Waals surface area contributed by atoms with Crippen LogP contribution in [-0.2, 0) is 17.6 Å². The van der Waals surface area contributed by atoms with Gasteiger partial charge in [-0.05, 0) is 50.3 Å². The Hall–Kier alpha value is -2.89. The lowest BCUT2D eigenvalue weighted by Crippen LogP contribution is -2.43. The van der Waals surface area contributed by atoms with Crippen LogP contribution in [0.2, 0.25) is 0 Å². The summed E-state index contributed by atoms with van der Waals surface area (Å²) in [5.41, 5.74) is 3.07. The third kappa shape index (κ3) is 8.35. The van der Waals surface area contributed by atoms with Gasteiger partial charge in [-0.1, -0.05) is 36.4 Å². The summed E-state index contributed by atoms with van der Waals surface area (Å²) in [5, 5.41) is 14.7. The quantitative estimate of drug-likeness (QED) is 0.561. The number of benzene rings is 1. The number of nitrogens with zero attached hydrogens (tertiary/aromatic N) is 1. The first kappa shape index (κ1) is 20.4. The molecule has 0 bridgehead atoms. The molecule has 0 saturated carbocycles. The minimum atomic E-state index is -0.860. The number of rotatable bonds is 10. The maximum absolute atomic E-state index is 12.2. The molecule has 2 rings (SSSR count). The van der Waals surface area contributed by atoms with Crippen LogP contribution in [0.25, 0.3) is 0 Å². The van der Waals surface area contributed by atoms with Crippen LogP contribution in [0.5, 0.6) is 0 Å². The molecule has 2 amide bonds. The molecular weight excluding hydrogens is 342 g/mol. The number of amides is 2. The number of aliphatic carboxylic acids is 1. The number of aromatic nitrogens is 1. The van der Waals surface area contributed by atoms with Crippen LogP contribution in [0.15, 0.2) is 48.5 Å². The van der Waals surface area contributed by atoms with Crippen molar-refractivity contribution in [3.05, 3.63) is 65.5 Å². The van der Waals surface area contributed by atoms with Crippen LogP contribution < -0.4 is 10.6 Å². The van der Waals surface area contributed by atoms with E-state index in [-0.39, 0.29) is 18.5 Å². The summed E-state index contributed by atoms with van der Waals surface area (Å²) in [6, 6.07) is 15.2. The first-order chi connectivity index (χ1) is 13.0. The van der Waals surface area contributed by atoms with Gasteiger partial charge in [-0.25, -0.2) is 4.79 Å². The van der Waals surface area contributed by atoms with Crippen LogP contribution in [0.1, 0.15) is 36.2 Å². The molecule has 27 heavy (non-hydrogen) atoms. The van der Waals surface area contributed by atoms with E-state index in [1.54, 1.807) is 0 Å². The Morgan fingerprint density at radius 2 is 1.89 bits per heavy atom. The molecule has 3 N–H and O–H groups in total. The number of carbonyl (C=O) groups is 2. The Balaban J connectivity index is 1.77. The standard InChI is InChI=1S/C21H27N3O3/c1-16-7-5-10-18(23-16)11-6-14-22-21(27)24-19(12-13-20(25)26)15-17-8-3-2-4-9-17/h2-5,7-10,19H,6,11-15H2,1H3,(H,25,26)(H2,22,24,27). The molecular formula is C21H27N3O3. The van der Waals surface area contributed by atoms with Crippen molar-refractivity contribution in [2.75, 3.05) is 6.54 Å². The molecule has 0 aliphatic rings. The topological polar surface area (TPSA) is 91.3 Å². The van der Waals surface area contributed by atoms with Crippen LogP contribution in [-0.4, -0.2) is 34.7 Å². The first-order valence-electron chi connectivity index (χ1n) is 9.25. The summed E-state index contributed by atoms with van der Waals surface area (Å²) in [4.78, 5) is 27.5. The predicted octanol–water partition coefficient (Wildman–Crippen LogP) is 3.10. The van der Waals surface area contributed by atoms with Crippen molar-refractivity contribution in [3.63, 3.8) is 0 Å². The minimum Gasteiger partial charge on any atom is -0.481 e. The number of aryl methyl sites for hydroxylation is 2. The van der Waals surface area contributed by atoms with Crippen molar-refractivity contribution in [1.82, 2.24) is 15.6 Å². The number of urea groups is 1. The molecule has 0 saturated heterocycles. The van der Waals surface area contributed by atoms with Crippen molar-refractivity contribution in [2.24, 2.45) is 0 Å². The first-order valence-corrected chi connectivity index (χ1v) is 9.25. The van der Waals surface area contributed by atoms with E-state index in [9.17, 15) is 9.59 Å². The zero-order valence-electron chi connectivity index (χ0n) is 15.6. The molecule has 1 aromatic heterocycles. The van der Waals surface area contributed by atoms with Gasteiger partial charge >= 0.3 is 12.0 Å². The van der Waals surface area contributed by atoms with Crippen LogP contribution in [0.3, 0.4) is 0 Å². The highest BCUT2D eigenvalue weighted by molar-refractivity contribution is 5.74. The molecule has 0 fully saturated rings. The maximum atomic E-state index is 12.2. The van der Waals surface area contributed by atoms with E-state index in [1.165, 1.54) is 0 Å². The Kier molecular flexibility index (Phi) is 8.29. The maximum Gasteiger partial charge on any atom is 0.315 e. The van der Waals surface area contributed by atoms with Gasteiger partial charge in [-0.15, -0.1) is 0 Å². The summed E-state index contributed by atoms with van der Waals surface area (Å²) in [7, 11) is 0. The average Bonchev–Trinajstić information content (AvgIpc) is 2.64. The smallest absolute Gasteiger partial charge is 0.315 e. The van der Waals surface area contributed by atoms with E-state index in [0.717, 1.165) is 29.8 Å². The lowest BCUT2D eigenvalue weighted by atomic mass is 10.0. The van der Waals surface area contributed by atoms with Crippen molar-refractivity contribution in [2.45, 2.75) is 45.1 Å². The number of hydrogen-bond acceptors (Lipinski definition) is 3. The minimum absolute atomic E-state index is 0.0246. The van der Waals surface area contributed by atoms with Crippen molar-refractivity contribution in [3.8, 4) is 0 Å². The summed E-state index contributed by atoms with van der Waals surface area (Å²) < 4.78 is 0. The number of carboxylic acids is 1. The van der Waals surface area contributed by atoms with Gasteiger partial charge in [0.25, 0.3) is 0 Å². The fourth-order valence-electron chi connectivity index (χ4n) is 2.87. The highest BCUT2D eigenvalue weighted by Crippen LogP contribution is 2.08. The van der Waals surface area contributed by atoms with Gasteiger partial charge in [0.1, 0.15) is 0 Å². The molecule has 0 radical (unpaired) electrons. The second kappa shape index (κ2) is 11.0. The normalized spacial score (nSPS) is 11.6. The van der Waals surface area contributed by atoms with Gasteiger partial charge < -0.3 is 15.7 Å². The predicted molar refractivity (Wildman–Crippen MR) is 105 cm³/mol. The van der Waals surface area contributed by atoms with E-state index < -0.39 is 5.97 Å². The van der Waals surface area contributed by atoms with Crippen LogP contribution in [0, 0.1) is 6.92 Å². The van der Waals surface area contributed by atoms with Crippen molar-refractivity contribution in [1.29, 1.82) is 0 Å². The van der Waals surface area contributed by atoms with Gasteiger partial charge in [0.2, 0.25) is 0 Å². The van der Waals surface area contributed by atoms with Crippen LogP contribution in [0.4, 0.5) is 4.79 Å². The van der Waals surface area contributed by atoms with Gasteiger partial charge in [0, 0.05) is 30.4 Å². The molecule has 1 unspecified atom stereocenters. The Morgan fingerprint density at radius 1 is 1.11 bits per heavy atom. The zero-order chi connectivity index (χ0) is 19.5. The third-order valence-corrected chi connectivity index (χ3v) is 4.21. The van der Waals surface area contributed by atoms with E-state index in [1.807, 2.05) is 55.5 Å². The fourth-order valence-corrected chi connectivity index (χ4v) is 2.87. The second-order valence-electron chi connectivity index (χ2n) is 6.59. The van der Waals surface area contributed by atoms with Gasteiger partial charge in [-0.3, -0.25) is 9.78 Å². The third-order valence-electron chi connectivity index (χ3n) is 4.21. The van der Waals surface area contributed by atoms with E-state index in [2.05, 4.69) is 15.6 Å². The Labute approximate surface area is 160 Å².